The van der Waals surface area contributed by atoms with Crippen LogP contribution in [-0.2, 0) is 14.9 Å². The van der Waals surface area contributed by atoms with Gasteiger partial charge >= 0.3 is 5.97 Å². The van der Waals surface area contributed by atoms with Gasteiger partial charge in [-0.25, -0.2) is 0 Å². The molecule has 1 fully saturated rings. The lowest BCUT2D eigenvalue weighted by molar-refractivity contribution is -0.148. The second-order valence-corrected chi connectivity index (χ2v) is 9.50. The van der Waals surface area contributed by atoms with E-state index >= 15 is 0 Å². The van der Waals surface area contributed by atoms with Crippen LogP contribution >= 0.6 is 0 Å². The predicted molar refractivity (Wildman–Crippen MR) is 147 cm³/mol. The number of ether oxygens (including phenoxy) is 2. The molecule has 36 heavy (non-hydrogen) atoms. The van der Waals surface area contributed by atoms with Crippen molar-refractivity contribution in [2.45, 2.75) is 31.6 Å². The SMILES string of the molecule is CCC(CCCN1CCN(c2ccc(-c3cccc(OC)c3)cc2)CC1)(C(=O)OC)c1ccccc1. The fourth-order valence-corrected chi connectivity index (χ4v) is 5.34. The van der Waals surface area contributed by atoms with E-state index in [2.05, 4.69) is 65.3 Å². The Morgan fingerprint density at radius 2 is 1.58 bits per heavy atom. The highest BCUT2D eigenvalue weighted by Crippen LogP contribution is 2.35. The van der Waals surface area contributed by atoms with E-state index in [4.69, 9.17) is 9.47 Å². The zero-order valence-corrected chi connectivity index (χ0v) is 21.8. The standard InChI is InChI=1S/C31H38N2O3/c1-4-31(30(34)36-3,27-11-6-5-7-12-27)18-9-19-32-20-22-33(23-21-32)28-16-14-25(15-17-28)26-10-8-13-29(24-26)35-2/h5-8,10-17,24H,4,9,18-23H2,1-3H3. The van der Waals surface area contributed by atoms with Gasteiger partial charge in [-0.2, -0.15) is 0 Å². The first-order valence-electron chi connectivity index (χ1n) is 13.0. The molecule has 0 aromatic heterocycles. The Labute approximate surface area is 215 Å². The largest absolute Gasteiger partial charge is 0.497 e. The van der Waals surface area contributed by atoms with Gasteiger partial charge in [0.05, 0.1) is 19.6 Å². The molecule has 5 nitrogen and oxygen atoms in total. The van der Waals surface area contributed by atoms with Crippen LogP contribution in [-0.4, -0.2) is 57.8 Å². The smallest absolute Gasteiger partial charge is 0.316 e. The third kappa shape index (κ3) is 5.73. The van der Waals surface area contributed by atoms with E-state index in [1.807, 2.05) is 30.3 Å². The van der Waals surface area contributed by atoms with Crippen molar-refractivity contribution in [2.24, 2.45) is 0 Å². The molecule has 5 heteroatoms. The van der Waals surface area contributed by atoms with Gasteiger partial charge in [-0.3, -0.25) is 9.69 Å². The average Bonchev–Trinajstić information content (AvgIpc) is 2.96. The van der Waals surface area contributed by atoms with Gasteiger partial charge in [0.2, 0.25) is 0 Å². The van der Waals surface area contributed by atoms with E-state index in [0.29, 0.717) is 0 Å². The Morgan fingerprint density at radius 1 is 0.861 bits per heavy atom. The van der Waals surface area contributed by atoms with Crippen molar-refractivity contribution >= 4 is 11.7 Å². The van der Waals surface area contributed by atoms with E-state index in [1.54, 1.807) is 7.11 Å². The van der Waals surface area contributed by atoms with Gasteiger partial charge in [0.1, 0.15) is 5.75 Å². The molecular formula is C31H38N2O3. The molecule has 1 aliphatic rings. The van der Waals surface area contributed by atoms with Crippen LogP contribution < -0.4 is 9.64 Å². The molecule has 0 N–H and O–H groups in total. The van der Waals surface area contributed by atoms with E-state index in [-0.39, 0.29) is 5.97 Å². The molecule has 0 saturated carbocycles. The van der Waals surface area contributed by atoms with E-state index < -0.39 is 5.41 Å². The van der Waals surface area contributed by atoms with Gasteiger partial charge in [-0.15, -0.1) is 0 Å². The van der Waals surface area contributed by atoms with Crippen molar-refractivity contribution in [3.63, 3.8) is 0 Å². The van der Waals surface area contributed by atoms with Crippen LogP contribution in [0.3, 0.4) is 0 Å². The molecule has 0 spiro atoms. The third-order valence-corrected chi connectivity index (χ3v) is 7.59. The maximum atomic E-state index is 12.8. The number of carbonyl (C=O) groups is 1. The summed E-state index contributed by atoms with van der Waals surface area (Å²) in [5.41, 5.74) is 4.11. The first-order valence-corrected chi connectivity index (χ1v) is 13.0. The first kappa shape index (κ1) is 25.8. The average molecular weight is 487 g/mol. The summed E-state index contributed by atoms with van der Waals surface area (Å²) in [5, 5.41) is 0. The summed E-state index contributed by atoms with van der Waals surface area (Å²) in [6.07, 6.45) is 2.50. The number of anilines is 1. The van der Waals surface area contributed by atoms with Crippen LogP contribution in [0.4, 0.5) is 5.69 Å². The Bertz CT molecular complexity index is 1110. The maximum Gasteiger partial charge on any atom is 0.316 e. The van der Waals surface area contributed by atoms with Crippen LogP contribution in [0.15, 0.2) is 78.9 Å². The lowest BCUT2D eigenvalue weighted by atomic mass is 9.74. The zero-order chi connectivity index (χ0) is 25.4. The van der Waals surface area contributed by atoms with Crippen LogP contribution in [0, 0.1) is 0 Å². The predicted octanol–water partition coefficient (Wildman–Crippen LogP) is 5.79. The molecule has 0 radical (unpaired) electrons. The van der Waals surface area contributed by atoms with Gasteiger partial charge < -0.3 is 14.4 Å². The maximum absolute atomic E-state index is 12.8. The summed E-state index contributed by atoms with van der Waals surface area (Å²) < 4.78 is 10.6. The minimum Gasteiger partial charge on any atom is -0.497 e. The van der Waals surface area contributed by atoms with Crippen molar-refractivity contribution in [1.82, 2.24) is 4.90 Å². The summed E-state index contributed by atoms with van der Waals surface area (Å²) >= 11 is 0. The van der Waals surface area contributed by atoms with Crippen molar-refractivity contribution in [3.05, 3.63) is 84.4 Å². The number of esters is 1. The summed E-state index contributed by atoms with van der Waals surface area (Å²) in [7, 11) is 3.20. The number of nitrogens with zero attached hydrogens (tertiary/aromatic N) is 2. The fourth-order valence-electron chi connectivity index (χ4n) is 5.34. The third-order valence-electron chi connectivity index (χ3n) is 7.59. The lowest BCUT2D eigenvalue weighted by Crippen LogP contribution is -2.47. The van der Waals surface area contributed by atoms with Crippen LogP contribution in [0.1, 0.15) is 31.7 Å². The molecule has 4 rings (SSSR count). The Hall–Kier alpha value is -3.31. The Kier molecular flexibility index (Phi) is 8.65. The summed E-state index contributed by atoms with van der Waals surface area (Å²) in [6.45, 7) is 7.15. The molecule has 1 saturated heterocycles. The molecule has 3 aromatic rings. The monoisotopic (exact) mass is 486 g/mol. The Balaban J connectivity index is 1.31. The van der Waals surface area contributed by atoms with Gasteiger partial charge in [0.25, 0.3) is 0 Å². The van der Waals surface area contributed by atoms with Gasteiger partial charge in [0.15, 0.2) is 0 Å². The first-order chi connectivity index (χ1) is 17.6. The number of hydrogen-bond donors (Lipinski definition) is 0. The highest BCUT2D eigenvalue weighted by Gasteiger charge is 2.39. The second-order valence-electron chi connectivity index (χ2n) is 9.50. The minimum atomic E-state index is -0.567. The topological polar surface area (TPSA) is 42.0 Å². The minimum absolute atomic E-state index is 0.126. The van der Waals surface area contributed by atoms with Crippen LogP contribution in [0.25, 0.3) is 11.1 Å². The number of carbonyl (C=O) groups excluding carboxylic acids is 1. The van der Waals surface area contributed by atoms with Gasteiger partial charge in [-0.1, -0.05) is 61.5 Å². The van der Waals surface area contributed by atoms with Gasteiger partial charge in [-0.05, 0) is 66.8 Å². The van der Waals surface area contributed by atoms with Crippen molar-refractivity contribution in [3.8, 4) is 16.9 Å². The highest BCUT2D eigenvalue weighted by molar-refractivity contribution is 5.83. The molecule has 0 amide bonds. The molecule has 1 unspecified atom stereocenters. The van der Waals surface area contributed by atoms with Crippen molar-refractivity contribution in [1.29, 1.82) is 0 Å². The quantitative estimate of drug-likeness (QED) is 0.340. The lowest BCUT2D eigenvalue weighted by Gasteiger charge is -2.37. The number of piperazine rings is 1. The second kappa shape index (κ2) is 12.1. The summed E-state index contributed by atoms with van der Waals surface area (Å²) in [4.78, 5) is 17.8. The van der Waals surface area contributed by atoms with Crippen LogP contribution in [0.5, 0.6) is 5.75 Å². The van der Waals surface area contributed by atoms with E-state index in [1.165, 1.54) is 18.4 Å². The fraction of sp³-hybridized carbons (Fsp3) is 0.387. The normalized spacial score (nSPS) is 15.8. The molecular weight excluding hydrogens is 448 g/mol. The highest BCUT2D eigenvalue weighted by atomic mass is 16.5. The van der Waals surface area contributed by atoms with Crippen LogP contribution in [0.2, 0.25) is 0 Å². The molecule has 1 aliphatic heterocycles. The molecule has 1 heterocycles. The number of methoxy groups -OCH3 is 2. The molecule has 0 bridgehead atoms. The summed E-state index contributed by atoms with van der Waals surface area (Å²) in [5.74, 6) is 0.748. The van der Waals surface area contributed by atoms with E-state index in [9.17, 15) is 4.79 Å². The molecule has 190 valence electrons. The Morgan fingerprint density at radius 3 is 2.22 bits per heavy atom. The molecule has 1 atom stereocenters. The van der Waals surface area contributed by atoms with Crippen molar-refractivity contribution < 1.29 is 14.3 Å². The van der Waals surface area contributed by atoms with Gasteiger partial charge in [0, 0.05) is 31.9 Å². The number of rotatable bonds is 10. The number of hydrogen-bond acceptors (Lipinski definition) is 5. The summed E-state index contributed by atoms with van der Waals surface area (Å²) in [6, 6.07) is 27.1. The number of benzene rings is 3. The van der Waals surface area contributed by atoms with Crippen molar-refractivity contribution in [2.75, 3.05) is 51.8 Å². The molecule has 0 aliphatic carbocycles. The molecule has 3 aromatic carbocycles. The zero-order valence-electron chi connectivity index (χ0n) is 21.8. The van der Waals surface area contributed by atoms with E-state index in [0.717, 1.165) is 68.9 Å².